The van der Waals surface area contributed by atoms with Gasteiger partial charge in [0.05, 0.1) is 0 Å². The molecule has 1 aromatic carbocycles. The molecule has 19 heavy (non-hydrogen) atoms. The van der Waals surface area contributed by atoms with E-state index in [2.05, 4.69) is 61.6 Å². The largest absolute Gasteiger partial charge is 0.0833 e. The Balaban J connectivity index is 2.00. The quantitative estimate of drug-likeness (QED) is 0.539. The van der Waals surface area contributed by atoms with Crippen LogP contribution in [0.2, 0.25) is 0 Å². The van der Waals surface area contributed by atoms with Gasteiger partial charge in [-0.25, -0.2) is 0 Å². The fraction of sp³-hybridized carbons (Fsp3) is 0.474. The molecule has 1 aromatic rings. The fourth-order valence-corrected chi connectivity index (χ4v) is 3.02. The highest BCUT2D eigenvalue weighted by Crippen LogP contribution is 2.37. The summed E-state index contributed by atoms with van der Waals surface area (Å²) in [5.41, 5.74) is 1.73. The highest BCUT2D eigenvalue weighted by Gasteiger charge is 2.28. The van der Waals surface area contributed by atoms with Gasteiger partial charge in [0.15, 0.2) is 0 Å². The molecule has 0 fully saturated rings. The Labute approximate surface area is 118 Å². The minimum Gasteiger partial charge on any atom is -0.0833 e. The fourth-order valence-electron chi connectivity index (χ4n) is 3.02. The first kappa shape index (κ1) is 14.1. The molecule has 1 atom stereocenters. The van der Waals surface area contributed by atoms with Crippen LogP contribution in [0, 0.1) is 0 Å². The Bertz CT molecular complexity index is 413. The Morgan fingerprint density at radius 2 is 1.74 bits per heavy atom. The minimum atomic E-state index is 0.252. The summed E-state index contributed by atoms with van der Waals surface area (Å²) in [6, 6.07) is 11.0. The Hall–Kier alpha value is -1.30. The van der Waals surface area contributed by atoms with Crippen molar-refractivity contribution >= 4 is 0 Å². The van der Waals surface area contributed by atoms with Gasteiger partial charge in [0, 0.05) is 5.41 Å². The average Bonchev–Trinajstić information content (AvgIpc) is 2.49. The molecule has 0 saturated carbocycles. The minimum absolute atomic E-state index is 0.252. The lowest BCUT2D eigenvalue weighted by molar-refractivity contribution is 0.454. The summed E-state index contributed by atoms with van der Waals surface area (Å²) < 4.78 is 0. The van der Waals surface area contributed by atoms with E-state index in [1.165, 1.54) is 44.1 Å². The molecule has 1 aliphatic carbocycles. The van der Waals surface area contributed by atoms with Crippen LogP contribution in [0.1, 0.15) is 57.4 Å². The van der Waals surface area contributed by atoms with Crippen molar-refractivity contribution in [2.45, 2.75) is 57.3 Å². The summed E-state index contributed by atoms with van der Waals surface area (Å²) in [7, 11) is 0. The van der Waals surface area contributed by atoms with Crippen molar-refractivity contribution in [3.63, 3.8) is 0 Å². The summed E-state index contributed by atoms with van der Waals surface area (Å²) >= 11 is 0. The average molecular weight is 254 g/mol. The Kier molecular flexibility index (Phi) is 5.44. The molecule has 0 spiro atoms. The number of allylic oxidation sites excluding steroid dienone is 4. The van der Waals surface area contributed by atoms with Crippen molar-refractivity contribution < 1.29 is 0 Å². The van der Waals surface area contributed by atoms with E-state index in [0.717, 1.165) is 6.42 Å². The van der Waals surface area contributed by atoms with Gasteiger partial charge < -0.3 is 0 Å². The van der Waals surface area contributed by atoms with E-state index in [-0.39, 0.29) is 5.41 Å². The monoisotopic (exact) mass is 254 g/mol. The van der Waals surface area contributed by atoms with Crippen LogP contribution < -0.4 is 0 Å². The van der Waals surface area contributed by atoms with Gasteiger partial charge in [-0.1, -0.05) is 93.7 Å². The Morgan fingerprint density at radius 3 is 2.42 bits per heavy atom. The third kappa shape index (κ3) is 3.83. The van der Waals surface area contributed by atoms with Crippen molar-refractivity contribution in [1.82, 2.24) is 0 Å². The predicted molar refractivity (Wildman–Crippen MR) is 84.4 cm³/mol. The number of benzene rings is 1. The van der Waals surface area contributed by atoms with Gasteiger partial charge >= 0.3 is 0 Å². The standard InChI is InChI=1S/C19H26/c1-2-3-4-5-10-15-19(16-11-7-12-17-19)18-13-8-6-9-14-18/h6-9,11-14,16H,2-5,10,15,17H2,1H3. The number of unbranched alkanes of at least 4 members (excludes halogenated alkanes) is 4. The summed E-state index contributed by atoms with van der Waals surface area (Å²) in [6.07, 6.45) is 18.4. The highest BCUT2D eigenvalue weighted by atomic mass is 14.3. The number of rotatable bonds is 7. The first-order valence-corrected chi connectivity index (χ1v) is 7.77. The molecule has 2 rings (SSSR count). The second kappa shape index (κ2) is 7.33. The highest BCUT2D eigenvalue weighted by molar-refractivity contribution is 5.35. The van der Waals surface area contributed by atoms with Crippen molar-refractivity contribution in [3.8, 4) is 0 Å². The molecule has 0 nitrogen and oxygen atoms in total. The van der Waals surface area contributed by atoms with E-state index < -0.39 is 0 Å². The second-order valence-electron chi connectivity index (χ2n) is 5.68. The predicted octanol–water partition coefficient (Wildman–Crippen LogP) is 5.80. The number of hydrogen-bond donors (Lipinski definition) is 0. The van der Waals surface area contributed by atoms with Crippen molar-refractivity contribution in [1.29, 1.82) is 0 Å². The molecule has 0 heterocycles. The van der Waals surface area contributed by atoms with Crippen LogP contribution in [0.3, 0.4) is 0 Å². The third-order valence-corrected chi connectivity index (χ3v) is 4.22. The van der Waals surface area contributed by atoms with E-state index in [1.54, 1.807) is 0 Å². The summed E-state index contributed by atoms with van der Waals surface area (Å²) in [6.45, 7) is 2.28. The maximum atomic E-state index is 2.42. The van der Waals surface area contributed by atoms with Crippen LogP contribution >= 0.6 is 0 Å². The van der Waals surface area contributed by atoms with Gasteiger partial charge in [0.1, 0.15) is 0 Å². The number of hydrogen-bond acceptors (Lipinski definition) is 0. The smallest absolute Gasteiger partial charge is 0.0169 e. The van der Waals surface area contributed by atoms with Crippen LogP contribution in [-0.2, 0) is 5.41 Å². The SMILES string of the molecule is CCCCCCCC1(c2ccccc2)C=CC=CC1. The first-order chi connectivity index (χ1) is 9.37. The van der Waals surface area contributed by atoms with E-state index >= 15 is 0 Å². The lowest BCUT2D eigenvalue weighted by atomic mass is 9.72. The van der Waals surface area contributed by atoms with Gasteiger partial charge in [-0.2, -0.15) is 0 Å². The first-order valence-electron chi connectivity index (χ1n) is 7.77. The summed E-state index contributed by atoms with van der Waals surface area (Å²) in [5.74, 6) is 0. The third-order valence-electron chi connectivity index (χ3n) is 4.22. The molecule has 0 N–H and O–H groups in total. The molecular formula is C19H26. The van der Waals surface area contributed by atoms with E-state index in [1.807, 2.05) is 0 Å². The molecule has 0 aliphatic heterocycles. The maximum absolute atomic E-state index is 2.42. The Morgan fingerprint density at radius 1 is 0.947 bits per heavy atom. The topological polar surface area (TPSA) is 0 Å². The van der Waals surface area contributed by atoms with Crippen LogP contribution in [0.5, 0.6) is 0 Å². The van der Waals surface area contributed by atoms with Gasteiger partial charge in [-0.3, -0.25) is 0 Å². The van der Waals surface area contributed by atoms with E-state index in [0.29, 0.717) is 0 Å². The molecule has 0 saturated heterocycles. The van der Waals surface area contributed by atoms with E-state index in [4.69, 9.17) is 0 Å². The lowest BCUT2D eigenvalue weighted by Gasteiger charge is -2.32. The maximum Gasteiger partial charge on any atom is 0.0169 e. The van der Waals surface area contributed by atoms with Crippen molar-refractivity contribution in [3.05, 3.63) is 60.2 Å². The van der Waals surface area contributed by atoms with Crippen molar-refractivity contribution in [2.24, 2.45) is 0 Å². The van der Waals surface area contributed by atoms with Gasteiger partial charge in [-0.05, 0) is 18.4 Å². The van der Waals surface area contributed by atoms with Crippen LogP contribution in [-0.4, -0.2) is 0 Å². The van der Waals surface area contributed by atoms with Gasteiger partial charge in [-0.15, -0.1) is 0 Å². The zero-order valence-corrected chi connectivity index (χ0v) is 12.1. The van der Waals surface area contributed by atoms with Crippen LogP contribution in [0.25, 0.3) is 0 Å². The molecule has 0 amide bonds. The van der Waals surface area contributed by atoms with Crippen LogP contribution in [0.15, 0.2) is 54.6 Å². The molecule has 0 aromatic heterocycles. The molecule has 0 bridgehead atoms. The van der Waals surface area contributed by atoms with Crippen LogP contribution in [0.4, 0.5) is 0 Å². The molecule has 1 unspecified atom stereocenters. The second-order valence-corrected chi connectivity index (χ2v) is 5.68. The van der Waals surface area contributed by atoms with Crippen molar-refractivity contribution in [2.75, 3.05) is 0 Å². The normalized spacial score (nSPS) is 21.7. The van der Waals surface area contributed by atoms with E-state index in [9.17, 15) is 0 Å². The molecule has 0 heteroatoms. The molecule has 0 radical (unpaired) electrons. The lowest BCUT2D eigenvalue weighted by Crippen LogP contribution is -2.24. The van der Waals surface area contributed by atoms with Gasteiger partial charge in [0.25, 0.3) is 0 Å². The summed E-state index contributed by atoms with van der Waals surface area (Å²) in [5, 5.41) is 0. The van der Waals surface area contributed by atoms with Gasteiger partial charge in [0.2, 0.25) is 0 Å². The zero-order chi connectivity index (χ0) is 13.4. The molecule has 102 valence electrons. The summed E-state index contributed by atoms with van der Waals surface area (Å²) in [4.78, 5) is 0. The zero-order valence-electron chi connectivity index (χ0n) is 12.1. The molecule has 1 aliphatic rings. The molecular weight excluding hydrogens is 228 g/mol.